The van der Waals surface area contributed by atoms with Crippen LogP contribution in [0.5, 0.6) is 0 Å². The molecule has 2 rings (SSSR count). The molecule has 1 aromatic heterocycles. The molecule has 3 heteroatoms. The number of rotatable bonds is 2. The van der Waals surface area contributed by atoms with E-state index in [1.165, 1.54) is 19.3 Å². The predicted octanol–water partition coefficient (Wildman–Crippen LogP) is 2.26. The van der Waals surface area contributed by atoms with Gasteiger partial charge in [-0.05, 0) is 37.3 Å². The van der Waals surface area contributed by atoms with Crippen molar-refractivity contribution in [1.82, 2.24) is 4.98 Å². The lowest BCUT2D eigenvalue weighted by Crippen LogP contribution is -2.16. The van der Waals surface area contributed by atoms with Crippen LogP contribution in [0.15, 0.2) is 18.2 Å². The maximum absolute atomic E-state index is 5.61. The molecule has 14 heavy (non-hydrogen) atoms. The Balaban J connectivity index is 1.97. The smallest absolute Gasteiger partial charge is 0.128 e. The molecule has 0 aromatic carbocycles. The molecule has 2 atom stereocenters. The molecule has 1 saturated carbocycles. The molecule has 0 aliphatic heterocycles. The van der Waals surface area contributed by atoms with E-state index < -0.39 is 0 Å². The summed E-state index contributed by atoms with van der Waals surface area (Å²) >= 11 is 0. The number of pyridine rings is 1. The minimum absolute atomic E-state index is 0.583. The summed E-state index contributed by atoms with van der Waals surface area (Å²) in [5, 5.41) is 3.42. The number of hydrogen-bond donors (Lipinski definition) is 2. The summed E-state index contributed by atoms with van der Waals surface area (Å²) in [6, 6.07) is 6.30. The molecule has 76 valence electrons. The molecule has 1 fully saturated rings. The fourth-order valence-electron chi connectivity index (χ4n) is 2.08. The minimum Gasteiger partial charge on any atom is -0.384 e. The Morgan fingerprint density at radius 1 is 1.43 bits per heavy atom. The van der Waals surface area contributed by atoms with Crippen molar-refractivity contribution in [3.63, 3.8) is 0 Å². The highest BCUT2D eigenvalue weighted by molar-refractivity contribution is 5.42. The number of aromatic nitrogens is 1. The van der Waals surface area contributed by atoms with E-state index in [1.807, 2.05) is 18.2 Å². The third kappa shape index (κ3) is 2.16. The molecule has 1 aliphatic carbocycles. The topological polar surface area (TPSA) is 50.9 Å². The van der Waals surface area contributed by atoms with Crippen molar-refractivity contribution in [2.24, 2.45) is 5.92 Å². The first kappa shape index (κ1) is 9.31. The quantitative estimate of drug-likeness (QED) is 0.754. The van der Waals surface area contributed by atoms with Crippen LogP contribution in [-0.2, 0) is 0 Å². The van der Waals surface area contributed by atoms with Gasteiger partial charge in [-0.25, -0.2) is 4.98 Å². The maximum Gasteiger partial charge on any atom is 0.128 e. The molecule has 0 radical (unpaired) electrons. The van der Waals surface area contributed by atoms with E-state index in [2.05, 4.69) is 17.2 Å². The van der Waals surface area contributed by atoms with E-state index in [0.29, 0.717) is 11.9 Å². The molecule has 0 amide bonds. The molecule has 1 aliphatic rings. The van der Waals surface area contributed by atoms with E-state index in [9.17, 15) is 0 Å². The standard InChI is InChI=1S/C11H17N3/c1-8-5-6-9(7-8)13-11-4-2-3-10(12)14-11/h2-4,8-9H,5-7H2,1H3,(H3,12,13,14). The van der Waals surface area contributed by atoms with E-state index in [0.717, 1.165) is 11.7 Å². The Morgan fingerprint density at radius 2 is 2.29 bits per heavy atom. The molecular weight excluding hydrogens is 174 g/mol. The summed E-state index contributed by atoms with van der Waals surface area (Å²) in [4.78, 5) is 4.23. The summed E-state index contributed by atoms with van der Waals surface area (Å²) in [5.74, 6) is 2.33. The molecular formula is C11H17N3. The highest BCUT2D eigenvalue weighted by Gasteiger charge is 2.20. The van der Waals surface area contributed by atoms with Gasteiger partial charge in [-0.3, -0.25) is 0 Å². The van der Waals surface area contributed by atoms with Gasteiger partial charge in [-0.1, -0.05) is 13.0 Å². The van der Waals surface area contributed by atoms with Crippen molar-refractivity contribution in [3.8, 4) is 0 Å². The Hall–Kier alpha value is -1.25. The second-order valence-corrected chi connectivity index (χ2v) is 4.21. The van der Waals surface area contributed by atoms with E-state index in [-0.39, 0.29) is 0 Å². The third-order valence-corrected chi connectivity index (χ3v) is 2.82. The van der Waals surface area contributed by atoms with Crippen LogP contribution in [-0.4, -0.2) is 11.0 Å². The fourth-order valence-corrected chi connectivity index (χ4v) is 2.08. The number of hydrogen-bond acceptors (Lipinski definition) is 3. The fraction of sp³-hybridized carbons (Fsp3) is 0.545. The lowest BCUT2D eigenvalue weighted by atomic mass is 10.1. The Morgan fingerprint density at radius 3 is 2.93 bits per heavy atom. The molecule has 1 heterocycles. The lowest BCUT2D eigenvalue weighted by molar-refractivity contribution is 0.602. The first-order valence-corrected chi connectivity index (χ1v) is 5.23. The van der Waals surface area contributed by atoms with Crippen molar-refractivity contribution in [3.05, 3.63) is 18.2 Å². The predicted molar refractivity (Wildman–Crippen MR) is 59.1 cm³/mol. The zero-order valence-electron chi connectivity index (χ0n) is 8.53. The molecule has 3 nitrogen and oxygen atoms in total. The maximum atomic E-state index is 5.61. The number of nitrogens with two attached hydrogens (primary N) is 1. The van der Waals surface area contributed by atoms with Crippen molar-refractivity contribution >= 4 is 11.6 Å². The molecule has 0 spiro atoms. The van der Waals surface area contributed by atoms with E-state index in [1.54, 1.807) is 0 Å². The van der Waals surface area contributed by atoms with Crippen molar-refractivity contribution < 1.29 is 0 Å². The summed E-state index contributed by atoms with van der Waals surface area (Å²) in [7, 11) is 0. The third-order valence-electron chi connectivity index (χ3n) is 2.82. The van der Waals surface area contributed by atoms with Gasteiger partial charge in [0.25, 0.3) is 0 Å². The summed E-state index contributed by atoms with van der Waals surface area (Å²) in [6.45, 7) is 2.30. The number of nitrogen functional groups attached to an aromatic ring is 1. The Bertz CT molecular complexity index is 311. The van der Waals surface area contributed by atoms with Crippen LogP contribution >= 0.6 is 0 Å². The highest BCUT2D eigenvalue weighted by Crippen LogP contribution is 2.26. The van der Waals surface area contributed by atoms with Gasteiger partial charge in [0.15, 0.2) is 0 Å². The van der Waals surface area contributed by atoms with Gasteiger partial charge in [0.1, 0.15) is 11.6 Å². The van der Waals surface area contributed by atoms with Crippen LogP contribution in [0.25, 0.3) is 0 Å². The van der Waals surface area contributed by atoms with Gasteiger partial charge in [0.05, 0.1) is 0 Å². The van der Waals surface area contributed by atoms with Crippen LogP contribution < -0.4 is 11.1 Å². The molecule has 0 saturated heterocycles. The second-order valence-electron chi connectivity index (χ2n) is 4.21. The first-order valence-electron chi connectivity index (χ1n) is 5.23. The Labute approximate surface area is 84.7 Å². The number of nitrogens with one attached hydrogen (secondary N) is 1. The second kappa shape index (κ2) is 3.86. The van der Waals surface area contributed by atoms with Gasteiger partial charge in [-0.15, -0.1) is 0 Å². The van der Waals surface area contributed by atoms with Crippen molar-refractivity contribution in [1.29, 1.82) is 0 Å². The van der Waals surface area contributed by atoms with Gasteiger partial charge in [0, 0.05) is 6.04 Å². The van der Waals surface area contributed by atoms with Crippen LogP contribution in [0, 0.1) is 5.92 Å². The zero-order chi connectivity index (χ0) is 9.97. The van der Waals surface area contributed by atoms with Gasteiger partial charge in [0.2, 0.25) is 0 Å². The van der Waals surface area contributed by atoms with E-state index in [4.69, 9.17) is 5.73 Å². The molecule has 1 aromatic rings. The average molecular weight is 191 g/mol. The molecule has 2 unspecified atom stereocenters. The highest BCUT2D eigenvalue weighted by atomic mass is 15.0. The van der Waals surface area contributed by atoms with Crippen LogP contribution in [0.2, 0.25) is 0 Å². The number of anilines is 2. The van der Waals surface area contributed by atoms with Crippen LogP contribution in [0.3, 0.4) is 0 Å². The van der Waals surface area contributed by atoms with Crippen molar-refractivity contribution in [2.45, 2.75) is 32.2 Å². The average Bonchev–Trinajstić information content (AvgIpc) is 2.51. The lowest BCUT2D eigenvalue weighted by Gasteiger charge is -2.12. The molecule has 0 bridgehead atoms. The van der Waals surface area contributed by atoms with Crippen molar-refractivity contribution in [2.75, 3.05) is 11.1 Å². The summed E-state index contributed by atoms with van der Waals surface area (Å²) in [6.07, 6.45) is 3.81. The van der Waals surface area contributed by atoms with E-state index >= 15 is 0 Å². The van der Waals surface area contributed by atoms with Gasteiger partial charge < -0.3 is 11.1 Å². The largest absolute Gasteiger partial charge is 0.384 e. The SMILES string of the molecule is CC1CCC(Nc2cccc(N)n2)C1. The zero-order valence-corrected chi connectivity index (χ0v) is 8.53. The normalized spacial score (nSPS) is 26.4. The summed E-state index contributed by atoms with van der Waals surface area (Å²) < 4.78 is 0. The number of nitrogens with zero attached hydrogens (tertiary/aromatic N) is 1. The van der Waals surface area contributed by atoms with Gasteiger partial charge >= 0.3 is 0 Å². The minimum atomic E-state index is 0.583. The van der Waals surface area contributed by atoms with Crippen LogP contribution in [0.4, 0.5) is 11.6 Å². The Kier molecular flexibility index (Phi) is 2.57. The van der Waals surface area contributed by atoms with Crippen LogP contribution in [0.1, 0.15) is 26.2 Å². The summed E-state index contributed by atoms with van der Waals surface area (Å²) in [5.41, 5.74) is 5.61. The molecule has 3 N–H and O–H groups in total. The monoisotopic (exact) mass is 191 g/mol. The first-order chi connectivity index (χ1) is 6.74. The van der Waals surface area contributed by atoms with Gasteiger partial charge in [-0.2, -0.15) is 0 Å².